The van der Waals surface area contributed by atoms with Crippen molar-refractivity contribution >= 4 is 17.7 Å². The van der Waals surface area contributed by atoms with Gasteiger partial charge in [0.15, 0.2) is 11.5 Å². The summed E-state index contributed by atoms with van der Waals surface area (Å²) in [4.78, 5) is 12.1. The van der Waals surface area contributed by atoms with Crippen molar-refractivity contribution in [3.63, 3.8) is 0 Å². The number of hydrogen-bond donors (Lipinski definition) is 1. The van der Waals surface area contributed by atoms with E-state index >= 15 is 0 Å². The Hall–Kier alpha value is -3.33. The van der Waals surface area contributed by atoms with Crippen molar-refractivity contribution in [3.05, 3.63) is 59.4 Å². The van der Waals surface area contributed by atoms with E-state index in [2.05, 4.69) is 5.32 Å². The van der Waals surface area contributed by atoms with Crippen LogP contribution in [0.25, 0.3) is 6.08 Å². The van der Waals surface area contributed by atoms with Gasteiger partial charge in [0.25, 0.3) is 5.91 Å². The smallest absolute Gasteiger partial charge is 0.266 e. The number of benzene rings is 2. The highest BCUT2D eigenvalue weighted by Crippen LogP contribution is 2.33. The minimum absolute atomic E-state index is 0.0179. The van der Waals surface area contributed by atoms with E-state index in [0.29, 0.717) is 17.1 Å². The molecule has 0 radical (unpaired) electrons. The molecule has 3 rings (SSSR count). The molecular formula is C17H11FN2O3. The number of amides is 1. The number of hydrogen-bond acceptors (Lipinski definition) is 4. The van der Waals surface area contributed by atoms with Crippen LogP contribution in [0, 0.1) is 17.1 Å². The molecule has 1 heterocycles. The van der Waals surface area contributed by atoms with E-state index in [1.165, 1.54) is 24.3 Å². The lowest BCUT2D eigenvalue weighted by atomic mass is 10.1. The van der Waals surface area contributed by atoms with E-state index in [-0.39, 0.29) is 18.1 Å². The summed E-state index contributed by atoms with van der Waals surface area (Å²) >= 11 is 0. The highest BCUT2D eigenvalue weighted by Gasteiger charge is 2.15. The van der Waals surface area contributed by atoms with Crippen LogP contribution in [0.1, 0.15) is 5.56 Å². The predicted molar refractivity (Wildman–Crippen MR) is 81.2 cm³/mol. The van der Waals surface area contributed by atoms with E-state index in [0.717, 1.165) is 0 Å². The molecule has 0 saturated heterocycles. The summed E-state index contributed by atoms with van der Waals surface area (Å²) in [5.41, 5.74) is 0.478. The maximum absolute atomic E-state index is 13.5. The zero-order valence-corrected chi connectivity index (χ0v) is 11.9. The Morgan fingerprint density at radius 2 is 2.00 bits per heavy atom. The third-order valence-corrected chi connectivity index (χ3v) is 3.19. The topological polar surface area (TPSA) is 71.3 Å². The number of rotatable bonds is 3. The van der Waals surface area contributed by atoms with Crippen LogP contribution < -0.4 is 14.8 Å². The molecule has 0 aromatic heterocycles. The average Bonchev–Trinajstić information content (AvgIpc) is 3.02. The highest BCUT2D eigenvalue weighted by atomic mass is 19.1. The summed E-state index contributed by atoms with van der Waals surface area (Å²) in [6.45, 7) is 0.140. The second kappa shape index (κ2) is 6.20. The summed E-state index contributed by atoms with van der Waals surface area (Å²) in [7, 11) is 0. The second-order valence-electron chi connectivity index (χ2n) is 4.72. The minimum atomic E-state index is -0.685. The summed E-state index contributed by atoms with van der Waals surface area (Å²) in [6.07, 6.45) is 1.40. The number of nitrogens with one attached hydrogen (secondary N) is 1. The van der Waals surface area contributed by atoms with Gasteiger partial charge in [-0.1, -0.05) is 18.2 Å². The minimum Gasteiger partial charge on any atom is -0.454 e. The fourth-order valence-electron chi connectivity index (χ4n) is 2.07. The molecule has 5 nitrogen and oxygen atoms in total. The zero-order valence-electron chi connectivity index (χ0n) is 11.9. The van der Waals surface area contributed by atoms with E-state index in [4.69, 9.17) is 14.7 Å². The molecule has 0 aliphatic carbocycles. The third kappa shape index (κ3) is 3.14. The Morgan fingerprint density at radius 3 is 2.78 bits per heavy atom. The second-order valence-corrected chi connectivity index (χ2v) is 4.72. The number of carbonyl (C=O) groups is 1. The van der Waals surface area contributed by atoms with Gasteiger partial charge in [0, 0.05) is 0 Å². The van der Waals surface area contributed by atoms with Crippen molar-refractivity contribution in [3.8, 4) is 17.6 Å². The molecule has 0 spiro atoms. The largest absolute Gasteiger partial charge is 0.454 e. The Labute approximate surface area is 131 Å². The van der Waals surface area contributed by atoms with Crippen molar-refractivity contribution in [1.29, 1.82) is 5.26 Å². The van der Waals surface area contributed by atoms with Crippen LogP contribution in [-0.2, 0) is 4.79 Å². The van der Waals surface area contributed by atoms with Gasteiger partial charge in [0.05, 0.1) is 5.69 Å². The summed E-state index contributed by atoms with van der Waals surface area (Å²) < 4.78 is 24.0. The summed E-state index contributed by atoms with van der Waals surface area (Å²) in [6, 6.07) is 12.6. The van der Waals surface area contributed by atoms with Crippen molar-refractivity contribution in [2.75, 3.05) is 12.1 Å². The fraction of sp³-hybridized carbons (Fsp3) is 0.0588. The van der Waals surface area contributed by atoms with Gasteiger partial charge in [-0.3, -0.25) is 4.79 Å². The van der Waals surface area contributed by atoms with E-state index < -0.39 is 11.7 Å². The first-order valence-electron chi connectivity index (χ1n) is 6.75. The highest BCUT2D eigenvalue weighted by molar-refractivity contribution is 6.09. The maximum Gasteiger partial charge on any atom is 0.266 e. The van der Waals surface area contributed by atoms with Gasteiger partial charge < -0.3 is 14.8 Å². The predicted octanol–water partition coefficient (Wildman–Crippen LogP) is 3.10. The quantitative estimate of drug-likeness (QED) is 0.698. The van der Waals surface area contributed by atoms with Gasteiger partial charge in [0.1, 0.15) is 17.5 Å². The van der Waals surface area contributed by atoms with Crippen LogP contribution in [0.15, 0.2) is 48.0 Å². The molecule has 0 unspecified atom stereocenters. The fourth-order valence-corrected chi connectivity index (χ4v) is 2.07. The number of anilines is 1. The number of para-hydroxylation sites is 1. The molecule has 1 amide bonds. The number of nitriles is 1. The molecule has 0 saturated carbocycles. The summed E-state index contributed by atoms with van der Waals surface area (Å²) in [5.74, 6) is -0.0986. The normalized spacial score (nSPS) is 12.6. The van der Waals surface area contributed by atoms with Crippen LogP contribution in [0.4, 0.5) is 10.1 Å². The number of fused-ring (bicyclic) bond motifs is 1. The van der Waals surface area contributed by atoms with Gasteiger partial charge in [-0.2, -0.15) is 5.26 Å². The first-order valence-corrected chi connectivity index (χ1v) is 6.75. The molecule has 1 aliphatic heterocycles. The first kappa shape index (κ1) is 14.6. The van der Waals surface area contributed by atoms with Crippen molar-refractivity contribution < 1.29 is 18.7 Å². The lowest BCUT2D eigenvalue weighted by molar-refractivity contribution is -0.112. The van der Waals surface area contributed by atoms with Crippen LogP contribution >= 0.6 is 0 Å². The molecule has 0 atom stereocenters. The molecule has 23 heavy (non-hydrogen) atoms. The third-order valence-electron chi connectivity index (χ3n) is 3.19. The molecule has 1 aliphatic rings. The molecule has 2 aromatic rings. The number of ether oxygens (including phenoxy) is 2. The SMILES string of the molecule is N#C/C(=C\c1ccc2c(c1)OCO2)C(=O)Nc1ccccc1F. The van der Waals surface area contributed by atoms with Gasteiger partial charge in [-0.15, -0.1) is 0 Å². The van der Waals surface area contributed by atoms with Crippen LogP contribution in [0.2, 0.25) is 0 Å². The number of halogens is 1. The van der Waals surface area contributed by atoms with Crippen molar-refractivity contribution in [2.24, 2.45) is 0 Å². The molecule has 0 bridgehead atoms. The summed E-state index contributed by atoms with van der Waals surface area (Å²) in [5, 5.41) is 11.5. The standard InChI is InChI=1S/C17H11FN2O3/c18-13-3-1-2-4-14(13)20-17(21)12(9-19)7-11-5-6-15-16(8-11)23-10-22-15/h1-8H,10H2,(H,20,21)/b12-7+. The lowest BCUT2D eigenvalue weighted by Gasteiger charge is -2.05. The number of nitrogens with zero attached hydrogens (tertiary/aromatic N) is 1. The van der Waals surface area contributed by atoms with Crippen LogP contribution in [0.3, 0.4) is 0 Å². The van der Waals surface area contributed by atoms with Gasteiger partial charge in [-0.05, 0) is 35.9 Å². The van der Waals surface area contributed by atoms with Crippen molar-refractivity contribution in [1.82, 2.24) is 0 Å². The lowest BCUT2D eigenvalue weighted by Crippen LogP contribution is -2.14. The molecule has 2 aromatic carbocycles. The van der Waals surface area contributed by atoms with Crippen molar-refractivity contribution in [2.45, 2.75) is 0 Å². The molecule has 6 heteroatoms. The van der Waals surface area contributed by atoms with Gasteiger partial charge in [-0.25, -0.2) is 4.39 Å². The Morgan fingerprint density at radius 1 is 1.22 bits per heavy atom. The first-order chi connectivity index (χ1) is 11.2. The van der Waals surface area contributed by atoms with Gasteiger partial charge >= 0.3 is 0 Å². The zero-order chi connectivity index (χ0) is 16.2. The molecule has 114 valence electrons. The van der Waals surface area contributed by atoms with E-state index in [9.17, 15) is 9.18 Å². The Kier molecular flexibility index (Phi) is 3.93. The Balaban J connectivity index is 1.83. The Bertz CT molecular complexity index is 840. The molecule has 1 N–H and O–H groups in total. The number of carbonyl (C=O) groups excluding carboxylic acids is 1. The molecule has 0 fully saturated rings. The average molecular weight is 310 g/mol. The van der Waals surface area contributed by atoms with Gasteiger partial charge in [0.2, 0.25) is 6.79 Å². The van der Waals surface area contributed by atoms with E-state index in [1.54, 1.807) is 24.3 Å². The maximum atomic E-state index is 13.5. The molecular weight excluding hydrogens is 299 g/mol. The van der Waals surface area contributed by atoms with Crippen LogP contribution in [0.5, 0.6) is 11.5 Å². The monoisotopic (exact) mass is 310 g/mol. The van der Waals surface area contributed by atoms with Crippen LogP contribution in [-0.4, -0.2) is 12.7 Å². The van der Waals surface area contributed by atoms with E-state index in [1.807, 2.05) is 6.07 Å².